The second-order valence-corrected chi connectivity index (χ2v) is 5.88. The third-order valence-electron chi connectivity index (χ3n) is 3.51. The van der Waals surface area contributed by atoms with Crippen LogP contribution in [0.25, 0.3) is 0 Å². The number of hydrogen-bond donors (Lipinski definition) is 0. The Labute approximate surface area is 127 Å². The number of nitrogens with zero attached hydrogens (tertiary/aromatic N) is 1. The van der Waals surface area contributed by atoms with Crippen molar-refractivity contribution in [3.8, 4) is 0 Å². The monoisotopic (exact) mass is 281 g/mol. The molecule has 2 aromatic rings. The number of rotatable bonds is 5. The zero-order chi connectivity index (χ0) is 15.2. The molecule has 2 rings (SSSR count). The van der Waals surface area contributed by atoms with Crippen LogP contribution < -0.4 is 4.90 Å². The normalized spacial score (nSPS) is 10.7. The number of carbonyl (C=O) groups excluding carboxylic acids is 1. The topological polar surface area (TPSA) is 20.3 Å². The van der Waals surface area contributed by atoms with E-state index in [2.05, 4.69) is 26.0 Å². The number of carbonyl (C=O) groups is 1. The first kappa shape index (κ1) is 15.3. The van der Waals surface area contributed by atoms with E-state index in [0.29, 0.717) is 12.3 Å². The van der Waals surface area contributed by atoms with Gasteiger partial charge in [0.15, 0.2) is 0 Å². The highest BCUT2D eigenvalue weighted by molar-refractivity contribution is 5.94. The molecule has 0 heterocycles. The predicted octanol–water partition coefficient (Wildman–Crippen LogP) is 4.09. The van der Waals surface area contributed by atoms with Crippen molar-refractivity contribution in [2.45, 2.75) is 26.7 Å². The minimum Gasteiger partial charge on any atom is -0.315 e. The Kier molecular flexibility index (Phi) is 5.15. The van der Waals surface area contributed by atoms with Crippen LogP contribution in [0.4, 0.5) is 5.69 Å². The van der Waals surface area contributed by atoms with Crippen molar-refractivity contribution in [2.24, 2.45) is 5.92 Å². The highest BCUT2D eigenvalue weighted by Gasteiger charge is 2.12. The minimum absolute atomic E-state index is 0.114. The lowest BCUT2D eigenvalue weighted by molar-refractivity contribution is -0.117. The van der Waals surface area contributed by atoms with E-state index < -0.39 is 0 Å². The first-order chi connectivity index (χ1) is 10.1. The van der Waals surface area contributed by atoms with Crippen LogP contribution in [0.15, 0.2) is 54.6 Å². The maximum atomic E-state index is 12.4. The number of anilines is 1. The Bertz CT molecular complexity index is 590. The summed E-state index contributed by atoms with van der Waals surface area (Å²) in [4.78, 5) is 14.1. The fourth-order valence-electron chi connectivity index (χ4n) is 2.40. The van der Waals surface area contributed by atoms with Gasteiger partial charge in [-0.15, -0.1) is 0 Å². The van der Waals surface area contributed by atoms with E-state index in [4.69, 9.17) is 0 Å². The standard InChI is InChI=1S/C19H23NO/c1-15(2)12-17-10-7-11-18(13-17)20(3)19(21)14-16-8-5-4-6-9-16/h4-11,13,15H,12,14H2,1-3H3. The molecule has 110 valence electrons. The average Bonchev–Trinajstić information content (AvgIpc) is 2.47. The average molecular weight is 281 g/mol. The van der Waals surface area contributed by atoms with Crippen LogP contribution in [0.1, 0.15) is 25.0 Å². The van der Waals surface area contributed by atoms with Gasteiger partial charge in [0.1, 0.15) is 0 Å². The molecule has 0 atom stereocenters. The van der Waals surface area contributed by atoms with Gasteiger partial charge in [0, 0.05) is 12.7 Å². The van der Waals surface area contributed by atoms with Gasteiger partial charge in [0.25, 0.3) is 0 Å². The summed E-state index contributed by atoms with van der Waals surface area (Å²) >= 11 is 0. The Hall–Kier alpha value is -2.09. The third kappa shape index (κ3) is 4.45. The molecule has 2 heteroatoms. The molecular weight excluding hydrogens is 258 g/mol. The molecule has 0 saturated heterocycles. The molecule has 0 fully saturated rings. The van der Waals surface area contributed by atoms with Crippen LogP contribution in [0.5, 0.6) is 0 Å². The molecule has 0 saturated carbocycles. The minimum atomic E-state index is 0.114. The van der Waals surface area contributed by atoms with Gasteiger partial charge in [0.2, 0.25) is 5.91 Å². The van der Waals surface area contributed by atoms with Crippen LogP contribution in [0.3, 0.4) is 0 Å². The first-order valence-electron chi connectivity index (χ1n) is 7.45. The Morgan fingerprint density at radius 1 is 1.00 bits per heavy atom. The maximum Gasteiger partial charge on any atom is 0.231 e. The molecule has 1 amide bonds. The second kappa shape index (κ2) is 7.07. The number of hydrogen-bond acceptors (Lipinski definition) is 1. The summed E-state index contributed by atoms with van der Waals surface area (Å²) in [6.45, 7) is 4.41. The fourth-order valence-corrected chi connectivity index (χ4v) is 2.40. The van der Waals surface area contributed by atoms with Gasteiger partial charge >= 0.3 is 0 Å². The molecule has 2 nitrogen and oxygen atoms in total. The highest BCUT2D eigenvalue weighted by Crippen LogP contribution is 2.18. The largest absolute Gasteiger partial charge is 0.315 e. The summed E-state index contributed by atoms with van der Waals surface area (Å²) in [5, 5.41) is 0. The Balaban J connectivity index is 2.08. The zero-order valence-corrected chi connectivity index (χ0v) is 13.0. The lowest BCUT2D eigenvalue weighted by Crippen LogP contribution is -2.27. The van der Waals surface area contributed by atoms with Gasteiger partial charge in [-0.05, 0) is 35.6 Å². The third-order valence-corrected chi connectivity index (χ3v) is 3.51. The van der Waals surface area contributed by atoms with Crippen LogP contribution in [0.2, 0.25) is 0 Å². The molecule has 0 radical (unpaired) electrons. The summed E-state index contributed by atoms with van der Waals surface area (Å²) in [7, 11) is 1.85. The molecule has 0 spiro atoms. The molecule has 0 aliphatic heterocycles. The van der Waals surface area contributed by atoms with Crippen molar-refractivity contribution in [2.75, 3.05) is 11.9 Å². The van der Waals surface area contributed by atoms with Crippen molar-refractivity contribution in [1.29, 1.82) is 0 Å². The van der Waals surface area contributed by atoms with E-state index in [0.717, 1.165) is 17.7 Å². The number of benzene rings is 2. The molecule has 0 aliphatic carbocycles. The van der Waals surface area contributed by atoms with Crippen LogP contribution in [0, 0.1) is 5.92 Å². The smallest absolute Gasteiger partial charge is 0.231 e. The van der Waals surface area contributed by atoms with Crippen molar-refractivity contribution in [1.82, 2.24) is 0 Å². The van der Waals surface area contributed by atoms with Gasteiger partial charge in [-0.3, -0.25) is 4.79 Å². The molecule has 0 aliphatic rings. The zero-order valence-electron chi connectivity index (χ0n) is 13.0. The molecule has 0 unspecified atom stereocenters. The van der Waals surface area contributed by atoms with Crippen molar-refractivity contribution in [3.05, 3.63) is 65.7 Å². The molecule has 0 bridgehead atoms. The number of amides is 1. The summed E-state index contributed by atoms with van der Waals surface area (Å²) in [6, 6.07) is 18.1. The van der Waals surface area contributed by atoms with E-state index in [1.165, 1.54) is 5.56 Å². The van der Waals surface area contributed by atoms with E-state index in [9.17, 15) is 4.79 Å². The Morgan fingerprint density at radius 2 is 1.67 bits per heavy atom. The first-order valence-corrected chi connectivity index (χ1v) is 7.45. The van der Waals surface area contributed by atoms with Gasteiger partial charge in [-0.1, -0.05) is 56.3 Å². The summed E-state index contributed by atoms with van der Waals surface area (Å²) in [6.07, 6.45) is 1.47. The van der Waals surface area contributed by atoms with Crippen LogP contribution >= 0.6 is 0 Å². The Morgan fingerprint density at radius 3 is 2.33 bits per heavy atom. The second-order valence-electron chi connectivity index (χ2n) is 5.88. The fraction of sp³-hybridized carbons (Fsp3) is 0.316. The van der Waals surface area contributed by atoms with Gasteiger partial charge in [-0.2, -0.15) is 0 Å². The van der Waals surface area contributed by atoms with Gasteiger partial charge < -0.3 is 4.90 Å². The number of likely N-dealkylation sites (N-methyl/N-ethyl adjacent to an activating group) is 1. The summed E-state index contributed by atoms with van der Waals surface area (Å²) < 4.78 is 0. The van der Waals surface area contributed by atoms with Crippen molar-refractivity contribution >= 4 is 11.6 Å². The molecule has 2 aromatic carbocycles. The van der Waals surface area contributed by atoms with Crippen LogP contribution in [-0.2, 0) is 17.6 Å². The van der Waals surface area contributed by atoms with Gasteiger partial charge in [-0.25, -0.2) is 0 Å². The summed E-state index contributed by atoms with van der Waals surface area (Å²) in [5.74, 6) is 0.730. The quantitative estimate of drug-likeness (QED) is 0.808. The summed E-state index contributed by atoms with van der Waals surface area (Å²) in [5.41, 5.74) is 3.30. The maximum absolute atomic E-state index is 12.4. The molecule has 0 aromatic heterocycles. The van der Waals surface area contributed by atoms with E-state index in [1.54, 1.807) is 4.90 Å². The van der Waals surface area contributed by atoms with Crippen molar-refractivity contribution in [3.63, 3.8) is 0 Å². The molecule has 0 N–H and O–H groups in total. The highest BCUT2D eigenvalue weighted by atomic mass is 16.2. The lowest BCUT2D eigenvalue weighted by Gasteiger charge is -2.18. The van der Waals surface area contributed by atoms with E-state index in [1.807, 2.05) is 49.5 Å². The predicted molar refractivity (Wildman–Crippen MR) is 88.5 cm³/mol. The van der Waals surface area contributed by atoms with E-state index in [-0.39, 0.29) is 5.91 Å². The molecule has 21 heavy (non-hydrogen) atoms. The van der Waals surface area contributed by atoms with Gasteiger partial charge in [0.05, 0.1) is 6.42 Å². The molecular formula is C19H23NO. The lowest BCUT2D eigenvalue weighted by atomic mass is 10.0. The van der Waals surface area contributed by atoms with Crippen LogP contribution in [-0.4, -0.2) is 13.0 Å². The van der Waals surface area contributed by atoms with E-state index >= 15 is 0 Å². The SMILES string of the molecule is CC(C)Cc1cccc(N(C)C(=O)Cc2ccccc2)c1. The van der Waals surface area contributed by atoms with Crippen molar-refractivity contribution < 1.29 is 4.79 Å².